The summed E-state index contributed by atoms with van der Waals surface area (Å²) in [6, 6.07) is 6.46. The molecule has 0 bridgehead atoms. The molecule has 0 N–H and O–H groups in total. The number of carbonyl (C=O) groups excluding carboxylic acids is 1. The van der Waals surface area contributed by atoms with E-state index in [0.717, 1.165) is 31.3 Å². The van der Waals surface area contributed by atoms with Crippen LogP contribution in [0.4, 0.5) is 0 Å². The van der Waals surface area contributed by atoms with Crippen LogP contribution in [-0.2, 0) is 4.79 Å². The predicted octanol–water partition coefficient (Wildman–Crippen LogP) is 3.72. The summed E-state index contributed by atoms with van der Waals surface area (Å²) in [5.41, 5.74) is 2.59. The van der Waals surface area contributed by atoms with E-state index < -0.39 is 0 Å². The number of ether oxygens (including phenoxy) is 1. The lowest BCUT2D eigenvalue weighted by atomic mass is 9.73. The highest BCUT2D eigenvalue weighted by molar-refractivity contribution is 5.54. The van der Waals surface area contributed by atoms with E-state index >= 15 is 0 Å². The first-order valence-corrected chi connectivity index (χ1v) is 6.75. The van der Waals surface area contributed by atoms with Crippen molar-refractivity contribution in [1.29, 1.82) is 0 Å². The van der Waals surface area contributed by atoms with E-state index in [-0.39, 0.29) is 5.92 Å². The van der Waals surface area contributed by atoms with Crippen molar-refractivity contribution in [1.82, 2.24) is 0 Å². The molecule has 1 aliphatic carbocycles. The van der Waals surface area contributed by atoms with Crippen LogP contribution in [0, 0.1) is 18.8 Å². The molecule has 18 heavy (non-hydrogen) atoms. The lowest BCUT2D eigenvalue weighted by Gasteiger charge is -2.31. The van der Waals surface area contributed by atoms with Crippen molar-refractivity contribution < 1.29 is 9.53 Å². The summed E-state index contributed by atoms with van der Waals surface area (Å²) < 4.78 is 5.30. The van der Waals surface area contributed by atoms with Crippen molar-refractivity contribution in [2.45, 2.75) is 39.0 Å². The topological polar surface area (TPSA) is 26.3 Å². The van der Waals surface area contributed by atoms with Crippen molar-refractivity contribution in [2.75, 3.05) is 7.11 Å². The van der Waals surface area contributed by atoms with Gasteiger partial charge < -0.3 is 9.53 Å². The lowest BCUT2D eigenvalue weighted by molar-refractivity contribution is -0.113. The maximum Gasteiger partial charge on any atom is 0.123 e. The average molecular weight is 246 g/mol. The third kappa shape index (κ3) is 2.58. The Morgan fingerprint density at radius 2 is 2.11 bits per heavy atom. The summed E-state index contributed by atoms with van der Waals surface area (Å²) in [5.74, 6) is 2.32. The molecule has 2 heteroatoms. The average Bonchev–Trinajstić information content (AvgIpc) is 2.38. The molecule has 1 aliphatic rings. The predicted molar refractivity (Wildman–Crippen MR) is 73.0 cm³/mol. The van der Waals surface area contributed by atoms with Gasteiger partial charge in [0.15, 0.2) is 0 Å². The van der Waals surface area contributed by atoms with E-state index in [9.17, 15) is 4.79 Å². The Hall–Kier alpha value is -1.31. The highest BCUT2D eigenvalue weighted by atomic mass is 16.5. The molecule has 1 fully saturated rings. The van der Waals surface area contributed by atoms with E-state index in [1.54, 1.807) is 7.11 Å². The molecule has 0 spiro atoms. The van der Waals surface area contributed by atoms with E-state index in [4.69, 9.17) is 4.74 Å². The third-order valence-corrected chi connectivity index (χ3v) is 4.30. The smallest absolute Gasteiger partial charge is 0.123 e. The first-order valence-electron chi connectivity index (χ1n) is 6.75. The molecule has 0 radical (unpaired) electrons. The molecular formula is C16H22O2. The first kappa shape index (κ1) is 13.1. The van der Waals surface area contributed by atoms with Crippen molar-refractivity contribution in [3.63, 3.8) is 0 Å². The Kier molecular flexibility index (Phi) is 4.05. The third-order valence-electron chi connectivity index (χ3n) is 4.30. The summed E-state index contributed by atoms with van der Waals surface area (Å²) in [6.45, 7) is 4.28. The van der Waals surface area contributed by atoms with E-state index in [2.05, 4.69) is 32.0 Å². The lowest BCUT2D eigenvalue weighted by Crippen LogP contribution is -2.22. The van der Waals surface area contributed by atoms with Crippen LogP contribution in [0.15, 0.2) is 18.2 Å². The molecule has 0 aromatic heterocycles. The molecule has 1 aromatic rings. The molecule has 0 saturated heterocycles. The van der Waals surface area contributed by atoms with Crippen LogP contribution in [0.3, 0.4) is 0 Å². The number of hydrogen-bond donors (Lipinski definition) is 0. The fourth-order valence-corrected chi connectivity index (χ4v) is 3.08. The van der Waals surface area contributed by atoms with Crippen LogP contribution < -0.4 is 4.74 Å². The Balaban J connectivity index is 2.13. The molecule has 2 rings (SSSR count). The Labute approximate surface area is 109 Å². The fraction of sp³-hybridized carbons (Fsp3) is 0.562. The van der Waals surface area contributed by atoms with Crippen molar-refractivity contribution in [3.8, 4) is 5.75 Å². The molecule has 1 saturated carbocycles. The number of rotatable bonds is 3. The van der Waals surface area contributed by atoms with E-state index in [1.807, 2.05) is 0 Å². The standard InChI is InChI=1S/C16H22O2/c1-11-8-13(4-5-15(11)10-17)14-6-7-16(18-3)12(2)9-14/h6-7,9-11,13,15H,4-5,8H2,1-3H3. The second-order valence-corrected chi connectivity index (χ2v) is 5.52. The van der Waals surface area contributed by atoms with Gasteiger partial charge in [-0.15, -0.1) is 0 Å². The van der Waals surface area contributed by atoms with Gasteiger partial charge >= 0.3 is 0 Å². The van der Waals surface area contributed by atoms with Crippen LogP contribution >= 0.6 is 0 Å². The molecule has 3 unspecified atom stereocenters. The Morgan fingerprint density at radius 1 is 1.33 bits per heavy atom. The number of aldehydes is 1. The molecule has 98 valence electrons. The monoisotopic (exact) mass is 246 g/mol. The van der Waals surface area contributed by atoms with Crippen molar-refractivity contribution in [2.24, 2.45) is 11.8 Å². The van der Waals surface area contributed by atoms with Gasteiger partial charge in [-0.2, -0.15) is 0 Å². The highest BCUT2D eigenvalue weighted by Crippen LogP contribution is 2.39. The van der Waals surface area contributed by atoms with Crippen LogP contribution in [0.5, 0.6) is 5.75 Å². The maximum atomic E-state index is 10.9. The SMILES string of the molecule is COc1ccc(C2CCC(C=O)C(C)C2)cc1C. The molecular weight excluding hydrogens is 224 g/mol. The van der Waals surface area contributed by atoms with Gasteiger partial charge in [0.05, 0.1) is 7.11 Å². The van der Waals surface area contributed by atoms with Gasteiger partial charge in [-0.25, -0.2) is 0 Å². The van der Waals surface area contributed by atoms with E-state index in [1.165, 1.54) is 11.1 Å². The molecule has 3 atom stereocenters. The Bertz CT molecular complexity index is 425. The van der Waals surface area contributed by atoms with Gasteiger partial charge in [-0.3, -0.25) is 0 Å². The number of aryl methyl sites for hydroxylation is 1. The van der Waals surface area contributed by atoms with Gasteiger partial charge in [0.1, 0.15) is 12.0 Å². The molecule has 1 aromatic carbocycles. The number of methoxy groups -OCH3 is 1. The minimum Gasteiger partial charge on any atom is -0.496 e. The minimum absolute atomic E-state index is 0.264. The van der Waals surface area contributed by atoms with Gasteiger partial charge in [-0.05, 0) is 55.2 Å². The number of hydrogen-bond acceptors (Lipinski definition) is 2. The quantitative estimate of drug-likeness (QED) is 0.760. The summed E-state index contributed by atoms with van der Waals surface area (Å²) in [7, 11) is 1.71. The summed E-state index contributed by atoms with van der Waals surface area (Å²) in [4.78, 5) is 10.9. The maximum absolute atomic E-state index is 10.9. The highest BCUT2D eigenvalue weighted by Gasteiger charge is 2.28. The summed E-state index contributed by atoms with van der Waals surface area (Å²) >= 11 is 0. The molecule has 0 heterocycles. The van der Waals surface area contributed by atoms with Gasteiger partial charge in [-0.1, -0.05) is 19.1 Å². The minimum atomic E-state index is 0.264. The largest absolute Gasteiger partial charge is 0.496 e. The molecule has 0 aliphatic heterocycles. The first-order chi connectivity index (χ1) is 8.65. The number of benzene rings is 1. The van der Waals surface area contributed by atoms with Crippen LogP contribution in [0.2, 0.25) is 0 Å². The second-order valence-electron chi connectivity index (χ2n) is 5.52. The van der Waals surface area contributed by atoms with Gasteiger partial charge in [0.2, 0.25) is 0 Å². The van der Waals surface area contributed by atoms with Crippen molar-refractivity contribution in [3.05, 3.63) is 29.3 Å². The Morgan fingerprint density at radius 3 is 2.67 bits per heavy atom. The summed E-state index contributed by atoms with van der Waals surface area (Å²) in [6.07, 6.45) is 4.41. The zero-order valence-electron chi connectivity index (χ0n) is 11.5. The second kappa shape index (κ2) is 5.55. The van der Waals surface area contributed by atoms with Gasteiger partial charge in [0.25, 0.3) is 0 Å². The van der Waals surface area contributed by atoms with Crippen LogP contribution in [-0.4, -0.2) is 13.4 Å². The van der Waals surface area contributed by atoms with Crippen molar-refractivity contribution >= 4 is 6.29 Å². The van der Waals surface area contributed by atoms with E-state index in [0.29, 0.717) is 11.8 Å². The zero-order valence-corrected chi connectivity index (χ0v) is 11.5. The molecule has 2 nitrogen and oxygen atoms in total. The zero-order chi connectivity index (χ0) is 13.1. The molecule has 0 amide bonds. The van der Waals surface area contributed by atoms with Gasteiger partial charge in [0, 0.05) is 5.92 Å². The fourth-order valence-electron chi connectivity index (χ4n) is 3.08. The van der Waals surface area contributed by atoms with Crippen LogP contribution in [0.1, 0.15) is 43.2 Å². The number of carbonyl (C=O) groups is 1. The normalized spacial score (nSPS) is 27.8. The van der Waals surface area contributed by atoms with Crippen LogP contribution in [0.25, 0.3) is 0 Å². The summed E-state index contributed by atoms with van der Waals surface area (Å²) in [5, 5.41) is 0.